The highest BCUT2D eigenvalue weighted by atomic mass is 15.1. The van der Waals surface area contributed by atoms with E-state index in [0.717, 1.165) is 17.9 Å². The molecular weight excluding hydrogens is 174 g/mol. The van der Waals surface area contributed by atoms with Crippen LogP contribution in [0.5, 0.6) is 0 Å². The third-order valence-electron chi connectivity index (χ3n) is 1.80. The maximum atomic E-state index is 4.37. The third-order valence-corrected chi connectivity index (χ3v) is 1.80. The second-order valence-electron chi connectivity index (χ2n) is 4.03. The summed E-state index contributed by atoms with van der Waals surface area (Å²) in [5.41, 5.74) is 2.24. The summed E-state index contributed by atoms with van der Waals surface area (Å²) in [6.45, 7) is 5.13. The van der Waals surface area contributed by atoms with Crippen LogP contribution in [0.25, 0.3) is 0 Å². The molecule has 14 heavy (non-hydrogen) atoms. The number of hydrogen-bond donors (Lipinski definition) is 1. The molecule has 0 aliphatic carbocycles. The Balaban J connectivity index is 2.80. The molecule has 78 valence electrons. The molecule has 0 unspecified atom stereocenters. The first-order valence-electron chi connectivity index (χ1n) is 4.94. The zero-order valence-electron chi connectivity index (χ0n) is 9.41. The van der Waals surface area contributed by atoms with Crippen molar-refractivity contribution in [3.8, 4) is 0 Å². The molecule has 0 bridgehead atoms. The molecule has 0 amide bonds. The summed E-state index contributed by atoms with van der Waals surface area (Å²) in [6.07, 6.45) is 1.84. The Morgan fingerprint density at radius 2 is 2.14 bits per heavy atom. The van der Waals surface area contributed by atoms with Crippen molar-refractivity contribution in [2.24, 2.45) is 0 Å². The van der Waals surface area contributed by atoms with E-state index in [4.69, 9.17) is 0 Å². The quantitative estimate of drug-likeness (QED) is 0.792. The van der Waals surface area contributed by atoms with Gasteiger partial charge < -0.3 is 10.2 Å². The largest absolute Gasteiger partial charge is 0.381 e. The van der Waals surface area contributed by atoms with Gasteiger partial charge in [-0.25, -0.2) is 0 Å². The van der Waals surface area contributed by atoms with E-state index in [1.54, 1.807) is 0 Å². The minimum Gasteiger partial charge on any atom is -0.381 e. The van der Waals surface area contributed by atoms with Crippen molar-refractivity contribution in [2.75, 3.05) is 19.4 Å². The number of nitrogens with zero attached hydrogens (tertiary/aromatic N) is 2. The normalized spacial score (nSPS) is 11.0. The second-order valence-corrected chi connectivity index (χ2v) is 4.03. The molecule has 0 aliphatic rings. The highest BCUT2D eigenvalue weighted by molar-refractivity contribution is 5.47. The van der Waals surface area contributed by atoms with Gasteiger partial charge in [0.15, 0.2) is 0 Å². The lowest BCUT2D eigenvalue weighted by Gasteiger charge is -2.16. The van der Waals surface area contributed by atoms with Crippen LogP contribution in [0.1, 0.15) is 19.5 Å². The average molecular weight is 193 g/mol. The van der Waals surface area contributed by atoms with Crippen LogP contribution in [0.2, 0.25) is 0 Å². The molecule has 1 aromatic heterocycles. The van der Waals surface area contributed by atoms with Crippen molar-refractivity contribution in [2.45, 2.75) is 26.4 Å². The first kappa shape index (κ1) is 11.0. The lowest BCUT2D eigenvalue weighted by Crippen LogP contribution is -2.17. The zero-order valence-corrected chi connectivity index (χ0v) is 9.41. The van der Waals surface area contributed by atoms with Crippen LogP contribution in [0.3, 0.4) is 0 Å². The first-order valence-corrected chi connectivity index (χ1v) is 4.94. The number of hydrogen-bond acceptors (Lipinski definition) is 3. The minimum absolute atomic E-state index is 0.445. The summed E-state index contributed by atoms with van der Waals surface area (Å²) in [7, 11) is 4.10. The minimum atomic E-state index is 0.445. The van der Waals surface area contributed by atoms with Gasteiger partial charge in [-0.15, -0.1) is 0 Å². The van der Waals surface area contributed by atoms with Gasteiger partial charge in [0.1, 0.15) is 0 Å². The van der Waals surface area contributed by atoms with Gasteiger partial charge in [-0.3, -0.25) is 4.98 Å². The first-order chi connectivity index (χ1) is 6.59. The van der Waals surface area contributed by atoms with E-state index in [2.05, 4.69) is 35.1 Å². The maximum absolute atomic E-state index is 4.37. The molecule has 1 N–H and O–H groups in total. The fourth-order valence-electron chi connectivity index (χ4n) is 1.31. The Bertz CT molecular complexity index is 253. The van der Waals surface area contributed by atoms with E-state index in [1.807, 2.05) is 26.4 Å². The smallest absolute Gasteiger partial charge is 0.0774 e. The molecule has 0 saturated carbocycles. The number of pyridine rings is 1. The SMILES string of the molecule is CC(C)Nc1cccnc1CN(C)C. The number of aromatic nitrogens is 1. The van der Waals surface area contributed by atoms with Crippen LogP contribution < -0.4 is 5.32 Å². The van der Waals surface area contributed by atoms with E-state index in [9.17, 15) is 0 Å². The summed E-state index contributed by atoms with van der Waals surface area (Å²) in [5.74, 6) is 0. The van der Waals surface area contributed by atoms with Crippen LogP contribution in [-0.4, -0.2) is 30.0 Å². The van der Waals surface area contributed by atoms with Crippen molar-refractivity contribution >= 4 is 5.69 Å². The average Bonchev–Trinajstić information content (AvgIpc) is 2.06. The highest BCUT2D eigenvalue weighted by Crippen LogP contribution is 2.14. The maximum Gasteiger partial charge on any atom is 0.0774 e. The number of anilines is 1. The summed E-state index contributed by atoms with van der Waals surface area (Å²) >= 11 is 0. The van der Waals surface area contributed by atoms with Crippen molar-refractivity contribution < 1.29 is 0 Å². The zero-order chi connectivity index (χ0) is 10.6. The van der Waals surface area contributed by atoms with E-state index in [0.29, 0.717) is 6.04 Å². The number of nitrogens with one attached hydrogen (secondary N) is 1. The predicted molar refractivity (Wildman–Crippen MR) is 60.4 cm³/mol. The monoisotopic (exact) mass is 193 g/mol. The molecule has 0 radical (unpaired) electrons. The van der Waals surface area contributed by atoms with Gasteiger partial charge in [-0.1, -0.05) is 0 Å². The van der Waals surface area contributed by atoms with Gasteiger partial charge in [0.25, 0.3) is 0 Å². The predicted octanol–water partition coefficient (Wildman–Crippen LogP) is 1.96. The van der Waals surface area contributed by atoms with Gasteiger partial charge in [0.2, 0.25) is 0 Å². The van der Waals surface area contributed by atoms with E-state index < -0.39 is 0 Å². The molecule has 3 nitrogen and oxygen atoms in total. The van der Waals surface area contributed by atoms with Gasteiger partial charge in [-0.05, 0) is 40.1 Å². The van der Waals surface area contributed by atoms with E-state index in [1.165, 1.54) is 0 Å². The molecule has 1 rings (SSSR count). The summed E-state index contributed by atoms with van der Waals surface area (Å²) in [4.78, 5) is 6.49. The Labute approximate surface area is 86.2 Å². The molecule has 0 aliphatic heterocycles. The van der Waals surface area contributed by atoms with Crippen molar-refractivity contribution in [1.82, 2.24) is 9.88 Å². The molecule has 0 saturated heterocycles. The van der Waals surface area contributed by atoms with Crippen LogP contribution in [0, 0.1) is 0 Å². The van der Waals surface area contributed by atoms with Gasteiger partial charge in [-0.2, -0.15) is 0 Å². The Morgan fingerprint density at radius 1 is 1.43 bits per heavy atom. The van der Waals surface area contributed by atoms with Gasteiger partial charge >= 0.3 is 0 Å². The van der Waals surface area contributed by atoms with Crippen LogP contribution in [0.15, 0.2) is 18.3 Å². The van der Waals surface area contributed by atoms with Crippen LogP contribution >= 0.6 is 0 Å². The Kier molecular flexibility index (Phi) is 3.89. The van der Waals surface area contributed by atoms with E-state index >= 15 is 0 Å². The lowest BCUT2D eigenvalue weighted by atomic mass is 10.2. The fourth-order valence-corrected chi connectivity index (χ4v) is 1.31. The topological polar surface area (TPSA) is 28.2 Å². The van der Waals surface area contributed by atoms with Crippen LogP contribution in [0.4, 0.5) is 5.69 Å². The fraction of sp³-hybridized carbons (Fsp3) is 0.545. The molecular formula is C11H19N3. The van der Waals surface area contributed by atoms with Crippen LogP contribution in [-0.2, 0) is 6.54 Å². The molecule has 0 spiro atoms. The Hall–Kier alpha value is -1.09. The second kappa shape index (κ2) is 4.96. The summed E-state index contributed by atoms with van der Waals surface area (Å²) in [5, 5.41) is 3.39. The standard InChI is InChI=1S/C11H19N3/c1-9(2)13-10-6-5-7-12-11(10)8-14(3)4/h5-7,9,13H,8H2,1-4H3. The van der Waals surface area contributed by atoms with Crippen molar-refractivity contribution in [3.63, 3.8) is 0 Å². The van der Waals surface area contributed by atoms with Gasteiger partial charge in [0, 0.05) is 18.8 Å². The van der Waals surface area contributed by atoms with Gasteiger partial charge in [0.05, 0.1) is 11.4 Å². The molecule has 0 aromatic carbocycles. The van der Waals surface area contributed by atoms with E-state index in [-0.39, 0.29) is 0 Å². The molecule has 1 aromatic rings. The highest BCUT2D eigenvalue weighted by Gasteiger charge is 2.04. The van der Waals surface area contributed by atoms with Crippen molar-refractivity contribution in [1.29, 1.82) is 0 Å². The molecule has 0 atom stereocenters. The molecule has 0 fully saturated rings. The molecule has 1 heterocycles. The number of rotatable bonds is 4. The van der Waals surface area contributed by atoms with Crippen molar-refractivity contribution in [3.05, 3.63) is 24.0 Å². The summed E-state index contributed by atoms with van der Waals surface area (Å²) in [6, 6.07) is 4.48. The third kappa shape index (κ3) is 3.34. The molecule has 3 heteroatoms. The summed E-state index contributed by atoms with van der Waals surface area (Å²) < 4.78 is 0. The lowest BCUT2D eigenvalue weighted by molar-refractivity contribution is 0.397. The Morgan fingerprint density at radius 3 is 2.71 bits per heavy atom.